The fourth-order valence-electron chi connectivity index (χ4n) is 3.28. The zero-order valence-electron chi connectivity index (χ0n) is 14.0. The van der Waals surface area contributed by atoms with Gasteiger partial charge in [-0.25, -0.2) is 4.98 Å². The van der Waals surface area contributed by atoms with E-state index in [0.717, 1.165) is 37.7 Å². The summed E-state index contributed by atoms with van der Waals surface area (Å²) in [5.41, 5.74) is 6.08. The molecule has 140 valence electrons. The van der Waals surface area contributed by atoms with E-state index in [2.05, 4.69) is 14.9 Å². The Balaban J connectivity index is 1.42. The molecule has 3 rings (SSSR count). The van der Waals surface area contributed by atoms with Crippen molar-refractivity contribution in [3.8, 4) is 0 Å². The Hall–Kier alpha value is -1.55. The third-order valence-electron chi connectivity index (χ3n) is 4.58. The van der Waals surface area contributed by atoms with Crippen molar-refractivity contribution >= 4 is 22.4 Å². The second-order valence-electron chi connectivity index (χ2n) is 6.49. The van der Waals surface area contributed by atoms with Crippen LogP contribution in [-0.4, -0.2) is 79.3 Å². The summed E-state index contributed by atoms with van der Waals surface area (Å²) in [6, 6.07) is 0. The molecule has 2 saturated heterocycles. The van der Waals surface area contributed by atoms with Gasteiger partial charge in [-0.3, -0.25) is 9.89 Å². The summed E-state index contributed by atoms with van der Waals surface area (Å²) in [6.07, 6.45) is -1.59. The number of hydrogen-bond donors (Lipinski definition) is 1. The molecule has 0 aliphatic carbocycles. The minimum absolute atomic E-state index is 0.150. The molecule has 1 atom stereocenters. The zero-order chi connectivity index (χ0) is 17.9. The van der Waals surface area contributed by atoms with Crippen molar-refractivity contribution in [2.24, 2.45) is 16.6 Å². The van der Waals surface area contributed by atoms with Crippen molar-refractivity contribution in [1.29, 1.82) is 0 Å². The summed E-state index contributed by atoms with van der Waals surface area (Å²) in [7, 11) is 0. The molecule has 0 radical (unpaired) electrons. The average Bonchev–Trinajstić information content (AvgIpc) is 3.23. The first kappa shape index (κ1) is 18.2. The van der Waals surface area contributed by atoms with E-state index >= 15 is 0 Å². The fourth-order valence-corrected chi connectivity index (χ4v) is 3.98. The second kappa shape index (κ2) is 7.77. The minimum atomic E-state index is -4.13. The van der Waals surface area contributed by atoms with Gasteiger partial charge in [0.05, 0.1) is 6.54 Å². The first-order valence-electron chi connectivity index (χ1n) is 8.39. The summed E-state index contributed by atoms with van der Waals surface area (Å²) >= 11 is 1.62. The lowest BCUT2D eigenvalue weighted by Gasteiger charge is -2.35. The molecule has 6 nitrogen and oxygen atoms in total. The van der Waals surface area contributed by atoms with Gasteiger partial charge in [0, 0.05) is 50.8 Å². The molecular weight excluding hydrogens is 353 g/mol. The van der Waals surface area contributed by atoms with E-state index in [4.69, 9.17) is 5.73 Å². The van der Waals surface area contributed by atoms with E-state index in [1.807, 2.05) is 10.3 Å². The largest absolute Gasteiger partial charge is 0.401 e. The van der Waals surface area contributed by atoms with Crippen LogP contribution in [0.3, 0.4) is 0 Å². The number of anilines is 1. The van der Waals surface area contributed by atoms with Crippen LogP contribution < -0.4 is 10.6 Å². The Morgan fingerprint density at radius 3 is 2.68 bits per heavy atom. The van der Waals surface area contributed by atoms with Gasteiger partial charge in [0.1, 0.15) is 0 Å². The first-order valence-corrected chi connectivity index (χ1v) is 9.27. The molecule has 0 bridgehead atoms. The van der Waals surface area contributed by atoms with Crippen molar-refractivity contribution < 1.29 is 13.2 Å². The summed E-state index contributed by atoms with van der Waals surface area (Å²) in [5, 5.41) is 2.98. The van der Waals surface area contributed by atoms with Crippen LogP contribution in [0.1, 0.15) is 6.42 Å². The van der Waals surface area contributed by atoms with Gasteiger partial charge in [-0.05, 0) is 18.9 Å². The smallest absolute Gasteiger partial charge is 0.370 e. The van der Waals surface area contributed by atoms with E-state index in [1.165, 1.54) is 4.90 Å². The monoisotopic (exact) mass is 376 g/mol. The predicted octanol–water partition coefficient (Wildman–Crippen LogP) is 1.46. The quantitative estimate of drug-likeness (QED) is 0.637. The van der Waals surface area contributed by atoms with Crippen LogP contribution in [0.2, 0.25) is 0 Å². The highest BCUT2D eigenvalue weighted by Crippen LogP contribution is 2.23. The highest BCUT2D eigenvalue weighted by Gasteiger charge is 2.34. The molecule has 3 heterocycles. The van der Waals surface area contributed by atoms with Crippen molar-refractivity contribution in [2.45, 2.75) is 12.6 Å². The van der Waals surface area contributed by atoms with Gasteiger partial charge in [-0.1, -0.05) is 0 Å². The average molecular weight is 376 g/mol. The Morgan fingerprint density at radius 1 is 1.28 bits per heavy atom. The Morgan fingerprint density at radius 2 is 2.04 bits per heavy atom. The Labute approximate surface area is 149 Å². The number of aromatic nitrogens is 1. The summed E-state index contributed by atoms with van der Waals surface area (Å²) in [4.78, 5) is 14.4. The molecule has 2 aliphatic heterocycles. The van der Waals surface area contributed by atoms with Crippen molar-refractivity contribution in [1.82, 2.24) is 14.8 Å². The molecule has 0 amide bonds. The molecule has 2 aliphatic rings. The number of likely N-dealkylation sites (tertiary alicyclic amines) is 1. The molecule has 2 N–H and O–H groups in total. The number of alkyl halides is 3. The standard InChI is InChI=1S/C15H23F3N6S/c16-15(17,18)11-22-3-1-12(10-22)9-21-13(19)23-4-6-24(7-5-23)14-20-2-8-25-14/h2,8,12H,1,3-7,9-11H2,(H2,19,21). The number of piperazine rings is 1. The second-order valence-corrected chi connectivity index (χ2v) is 7.37. The van der Waals surface area contributed by atoms with Crippen LogP contribution >= 0.6 is 11.3 Å². The maximum atomic E-state index is 12.4. The van der Waals surface area contributed by atoms with Crippen LogP contribution in [-0.2, 0) is 0 Å². The lowest BCUT2D eigenvalue weighted by molar-refractivity contribution is -0.143. The van der Waals surface area contributed by atoms with Crippen LogP contribution in [0, 0.1) is 5.92 Å². The van der Waals surface area contributed by atoms with Gasteiger partial charge >= 0.3 is 6.18 Å². The van der Waals surface area contributed by atoms with Gasteiger partial charge in [0.25, 0.3) is 0 Å². The highest BCUT2D eigenvalue weighted by molar-refractivity contribution is 7.13. The van der Waals surface area contributed by atoms with Crippen molar-refractivity contribution in [2.75, 3.05) is 57.3 Å². The Bertz CT molecular complexity index is 568. The lowest BCUT2D eigenvalue weighted by Crippen LogP contribution is -2.51. The first-order chi connectivity index (χ1) is 11.9. The van der Waals surface area contributed by atoms with E-state index < -0.39 is 12.7 Å². The van der Waals surface area contributed by atoms with Crippen LogP contribution in [0.4, 0.5) is 18.3 Å². The maximum absolute atomic E-state index is 12.4. The summed E-state index contributed by atoms with van der Waals surface area (Å²) in [6.45, 7) is 3.81. The number of nitrogens with two attached hydrogens (primary N) is 1. The molecule has 1 unspecified atom stereocenters. The normalized spacial score (nSPS) is 23.5. The van der Waals surface area contributed by atoms with Crippen LogP contribution in [0.25, 0.3) is 0 Å². The number of thiazole rings is 1. The number of hydrogen-bond acceptors (Lipinski definition) is 5. The molecule has 2 fully saturated rings. The molecule has 1 aromatic rings. The van der Waals surface area contributed by atoms with Gasteiger partial charge in [-0.2, -0.15) is 13.2 Å². The predicted molar refractivity (Wildman–Crippen MR) is 93.0 cm³/mol. The number of guanidine groups is 1. The van der Waals surface area contributed by atoms with Crippen LogP contribution in [0.5, 0.6) is 0 Å². The van der Waals surface area contributed by atoms with Crippen molar-refractivity contribution in [3.05, 3.63) is 11.6 Å². The maximum Gasteiger partial charge on any atom is 0.401 e. The van der Waals surface area contributed by atoms with E-state index in [9.17, 15) is 13.2 Å². The number of halogens is 3. The molecule has 1 aromatic heterocycles. The molecule has 0 saturated carbocycles. The molecular formula is C15H23F3N6S. The molecule has 10 heteroatoms. The number of nitrogens with zero attached hydrogens (tertiary/aromatic N) is 5. The topological polar surface area (TPSA) is 61.0 Å². The summed E-state index contributed by atoms with van der Waals surface area (Å²) < 4.78 is 37.3. The Kier molecular flexibility index (Phi) is 5.67. The molecule has 0 spiro atoms. The van der Waals surface area contributed by atoms with Gasteiger partial charge in [-0.15, -0.1) is 11.3 Å². The third-order valence-corrected chi connectivity index (χ3v) is 5.41. The molecule has 25 heavy (non-hydrogen) atoms. The third kappa shape index (κ3) is 5.21. The van der Waals surface area contributed by atoms with Gasteiger partial charge < -0.3 is 15.5 Å². The molecule has 0 aromatic carbocycles. The van der Waals surface area contributed by atoms with E-state index in [0.29, 0.717) is 25.6 Å². The van der Waals surface area contributed by atoms with Crippen LogP contribution in [0.15, 0.2) is 16.6 Å². The number of rotatable bonds is 4. The SMILES string of the molecule is NC(=NCC1CCN(CC(F)(F)F)C1)N1CCN(c2nccs2)CC1. The van der Waals surface area contributed by atoms with Crippen molar-refractivity contribution in [3.63, 3.8) is 0 Å². The van der Waals surface area contributed by atoms with Gasteiger partial charge in [0.15, 0.2) is 11.1 Å². The minimum Gasteiger partial charge on any atom is -0.370 e. The zero-order valence-corrected chi connectivity index (χ0v) is 14.8. The highest BCUT2D eigenvalue weighted by atomic mass is 32.1. The fraction of sp³-hybridized carbons (Fsp3) is 0.733. The van der Waals surface area contributed by atoms with E-state index in [1.54, 1.807) is 17.5 Å². The van der Waals surface area contributed by atoms with E-state index in [-0.39, 0.29) is 5.92 Å². The lowest BCUT2D eigenvalue weighted by atomic mass is 10.1. The number of aliphatic imine (C=N–C) groups is 1. The summed E-state index contributed by atoms with van der Waals surface area (Å²) in [5.74, 6) is 0.644. The van der Waals surface area contributed by atoms with Gasteiger partial charge in [0.2, 0.25) is 0 Å².